The molecule has 3 heteroatoms. The van der Waals surface area contributed by atoms with Gasteiger partial charge in [-0.25, -0.2) is 4.39 Å². The van der Waals surface area contributed by atoms with Crippen LogP contribution in [-0.4, -0.2) is 18.0 Å². The van der Waals surface area contributed by atoms with Gasteiger partial charge in [0, 0.05) is 6.61 Å². The van der Waals surface area contributed by atoms with Gasteiger partial charge in [0.25, 0.3) is 0 Å². The van der Waals surface area contributed by atoms with Crippen LogP contribution in [0.2, 0.25) is 0 Å². The molecule has 17 heavy (non-hydrogen) atoms. The maximum atomic E-state index is 13.6. The van der Waals surface area contributed by atoms with Gasteiger partial charge < -0.3 is 4.74 Å². The zero-order valence-electron chi connectivity index (χ0n) is 10.6. The van der Waals surface area contributed by atoms with E-state index in [2.05, 4.69) is 0 Å². The fourth-order valence-corrected chi connectivity index (χ4v) is 2.01. The van der Waals surface area contributed by atoms with Gasteiger partial charge in [-0.1, -0.05) is 26.0 Å². The van der Waals surface area contributed by atoms with E-state index in [0.29, 0.717) is 19.4 Å². The number of hydrogen-bond donors (Lipinski definition) is 0. The molecule has 0 fully saturated rings. The molecule has 1 aromatic carbocycles. The molecule has 0 spiro atoms. The first kappa shape index (κ1) is 13.8. The van der Waals surface area contributed by atoms with Gasteiger partial charge in [0.1, 0.15) is 11.4 Å². The van der Waals surface area contributed by atoms with E-state index in [1.165, 1.54) is 12.1 Å². The number of ether oxygens (including phenoxy) is 1. The molecular formula is C14H19FO2. The van der Waals surface area contributed by atoms with E-state index in [9.17, 15) is 9.18 Å². The minimum Gasteiger partial charge on any atom is -0.367 e. The minimum absolute atomic E-state index is 0.115. The summed E-state index contributed by atoms with van der Waals surface area (Å²) in [6, 6.07) is 6.05. The third-order valence-electron chi connectivity index (χ3n) is 3.10. The van der Waals surface area contributed by atoms with Crippen LogP contribution in [0.1, 0.15) is 44.0 Å². The summed E-state index contributed by atoms with van der Waals surface area (Å²) < 4.78 is 19.2. The number of Topliss-reactive ketones (excluding diaryl/α,β-unsaturated/α-hetero) is 1. The van der Waals surface area contributed by atoms with E-state index in [1.807, 2.05) is 20.8 Å². The van der Waals surface area contributed by atoms with E-state index in [1.54, 1.807) is 12.1 Å². The lowest BCUT2D eigenvalue weighted by Crippen LogP contribution is -2.41. The molecule has 0 heterocycles. The average Bonchev–Trinajstić information content (AvgIpc) is 2.36. The lowest BCUT2D eigenvalue weighted by atomic mass is 9.87. The van der Waals surface area contributed by atoms with E-state index < -0.39 is 11.4 Å². The summed E-state index contributed by atoms with van der Waals surface area (Å²) in [5, 5.41) is 0. The highest BCUT2D eigenvalue weighted by atomic mass is 19.1. The van der Waals surface area contributed by atoms with E-state index in [-0.39, 0.29) is 11.3 Å². The van der Waals surface area contributed by atoms with Crippen molar-refractivity contribution in [1.29, 1.82) is 0 Å². The van der Waals surface area contributed by atoms with Crippen LogP contribution >= 0.6 is 0 Å². The van der Waals surface area contributed by atoms with Crippen LogP contribution in [0.3, 0.4) is 0 Å². The van der Waals surface area contributed by atoms with Crippen molar-refractivity contribution >= 4 is 5.78 Å². The van der Waals surface area contributed by atoms with Gasteiger partial charge in [-0.3, -0.25) is 4.79 Å². The quantitative estimate of drug-likeness (QED) is 0.708. The molecule has 0 aromatic heterocycles. The molecule has 1 aromatic rings. The van der Waals surface area contributed by atoms with Crippen LogP contribution in [0.4, 0.5) is 4.39 Å². The van der Waals surface area contributed by atoms with Gasteiger partial charge in [-0.2, -0.15) is 0 Å². The first-order chi connectivity index (χ1) is 8.11. The van der Waals surface area contributed by atoms with Crippen LogP contribution in [0, 0.1) is 5.82 Å². The summed E-state index contributed by atoms with van der Waals surface area (Å²) in [5.41, 5.74) is -0.777. The van der Waals surface area contributed by atoms with Crippen molar-refractivity contribution in [2.75, 3.05) is 6.61 Å². The monoisotopic (exact) mass is 238 g/mol. The Kier molecular flexibility index (Phi) is 4.82. The highest BCUT2D eigenvalue weighted by molar-refractivity contribution is 6.02. The fraction of sp³-hybridized carbons (Fsp3) is 0.500. The molecule has 2 nitrogen and oxygen atoms in total. The van der Waals surface area contributed by atoms with Gasteiger partial charge in [-0.05, 0) is 31.9 Å². The van der Waals surface area contributed by atoms with Crippen molar-refractivity contribution in [3.63, 3.8) is 0 Å². The molecule has 94 valence electrons. The van der Waals surface area contributed by atoms with Crippen LogP contribution in [0.15, 0.2) is 24.3 Å². The molecule has 0 saturated carbocycles. The maximum absolute atomic E-state index is 13.6. The summed E-state index contributed by atoms with van der Waals surface area (Å²) in [5.74, 6) is -0.745. The molecule has 0 bridgehead atoms. The molecule has 0 atom stereocenters. The number of carbonyl (C=O) groups is 1. The van der Waals surface area contributed by atoms with Gasteiger partial charge >= 0.3 is 0 Å². The Morgan fingerprint density at radius 1 is 1.24 bits per heavy atom. The number of hydrogen-bond acceptors (Lipinski definition) is 2. The molecular weight excluding hydrogens is 219 g/mol. The first-order valence-electron chi connectivity index (χ1n) is 6.04. The number of carbonyl (C=O) groups excluding carboxylic acids is 1. The van der Waals surface area contributed by atoms with Crippen molar-refractivity contribution in [1.82, 2.24) is 0 Å². The Hall–Kier alpha value is -1.22. The second-order valence-corrected chi connectivity index (χ2v) is 3.94. The van der Waals surface area contributed by atoms with E-state index in [4.69, 9.17) is 4.74 Å². The third-order valence-corrected chi connectivity index (χ3v) is 3.10. The molecule has 0 aliphatic rings. The van der Waals surface area contributed by atoms with E-state index in [0.717, 1.165) is 0 Å². The lowest BCUT2D eigenvalue weighted by molar-refractivity contribution is -0.0253. The van der Waals surface area contributed by atoms with Crippen molar-refractivity contribution in [2.45, 2.75) is 39.2 Å². The standard InChI is InChI=1S/C14H19FO2/c1-4-14(5-2,17-6-3)13(16)11-9-7-8-10-12(11)15/h7-10H,4-6H2,1-3H3. The van der Waals surface area contributed by atoms with Gasteiger partial charge in [0.15, 0.2) is 5.78 Å². The second kappa shape index (κ2) is 5.92. The normalized spacial score (nSPS) is 11.5. The molecule has 0 aliphatic heterocycles. The summed E-state index contributed by atoms with van der Waals surface area (Å²) in [4.78, 5) is 12.4. The zero-order valence-corrected chi connectivity index (χ0v) is 10.6. The van der Waals surface area contributed by atoms with E-state index >= 15 is 0 Å². The van der Waals surface area contributed by atoms with Crippen molar-refractivity contribution < 1.29 is 13.9 Å². The zero-order chi connectivity index (χ0) is 12.9. The smallest absolute Gasteiger partial charge is 0.197 e. The second-order valence-electron chi connectivity index (χ2n) is 3.94. The number of ketones is 1. The number of rotatable bonds is 6. The Morgan fingerprint density at radius 2 is 1.82 bits per heavy atom. The minimum atomic E-state index is -0.892. The van der Waals surface area contributed by atoms with Gasteiger partial charge in [-0.15, -0.1) is 0 Å². The summed E-state index contributed by atoms with van der Waals surface area (Å²) >= 11 is 0. The third kappa shape index (κ3) is 2.72. The highest BCUT2D eigenvalue weighted by Crippen LogP contribution is 2.26. The summed E-state index contributed by atoms with van der Waals surface area (Å²) in [7, 11) is 0. The largest absolute Gasteiger partial charge is 0.367 e. The molecule has 1 rings (SSSR count). The van der Waals surface area contributed by atoms with Crippen molar-refractivity contribution in [3.05, 3.63) is 35.6 Å². The average molecular weight is 238 g/mol. The molecule has 0 unspecified atom stereocenters. The van der Waals surface area contributed by atoms with Crippen molar-refractivity contribution in [2.24, 2.45) is 0 Å². The fourth-order valence-electron chi connectivity index (χ4n) is 2.01. The predicted molar refractivity (Wildman–Crippen MR) is 65.7 cm³/mol. The van der Waals surface area contributed by atoms with Gasteiger partial charge in [0.05, 0.1) is 5.56 Å². The SMILES string of the molecule is CCOC(CC)(CC)C(=O)c1ccccc1F. The predicted octanol–water partition coefficient (Wildman–Crippen LogP) is 3.60. The Balaban J connectivity index is 3.12. The van der Waals surface area contributed by atoms with Crippen molar-refractivity contribution in [3.8, 4) is 0 Å². The maximum Gasteiger partial charge on any atom is 0.197 e. The van der Waals surface area contributed by atoms with Crippen LogP contribution in [0.5, 0.6) is 0 Å². The molecule has 0 radical (unpaired) electrons. The Labute approximate surface area is 102 Å². The summed E-state index contributed by atoms with van der Waals surface area (Å²) in [6.45, 7) is 6.06. The Morgan fingerprint density at radius 3 is 2.29 bits per heavy atom. The topological polar surface area (TPSA) is 26.3 Å². The highest BCUT2D eigenvalue weighted by Gasteiger charge is 2.37. The molecule has 0 N–H and O–H groups in total. The number of benzene rings is 1. The molecule has 0 saturated heterocycles. The van der Waals surface area contributed by atoms with Gasteiger partial charge in [0.2, 0.25) is 0 Å². The number of halogens is 1. The Bertz CT molecular complexity index is 384. The molecule has 0 aliphatic carbocycles. The van der Waals surface area contributed by atoms with Crippen LogP contribution in [0.25, 0.3) is 0 Å². The lowest BCUT2D eigenvalue weighted by Gasteiger charge is -2.30. The van der Waals surface area contributed by atoms with Crippen LogP contribution < -0.4 is 0 Å². The molecule has 0 amide bonds. The summed E-state index contributed by atoms with van der Waals surface area (Å²) in [6.07, 6.45) is 1.09. The van der Waals surface area contributed by atoms with Crippen LogP contribution in [-0.2, 0) is 4.74 Å². The first-order valence-corrected chi connectivity index (χ1v) is 6.04.